The summed E-state index contributed by atoms with van der Waals surface area (Å²) in [6, 6.07) is 3.93. The molecule has 0 aromatic carbocycles. The second-order valence-electron chi connectivity index (χ2n) is 5.37. The number of aromatic nitrogens is 1. The van der Waals surface area contributed by atoms with Crippen molar-refractivity contribution in [2.24, 2.45) is 5.92 Å². The molecular formula is C14H21NO2. The van der Waals surface area contributed by atoms with Crippen molar-refractivity contribution in [1.29, 1.82) is 0 Å². The molecule has 1 aliphatic heterocycles. The van der Waals surface area contributed by atoms with Gasteiger partial charge in [-0.05, 0) is 24.0 Å². The zero-order chi connectivity index (χ0) is 12.3. The first-order valence-electron chi connectivity index (χ1n) is 6.32. The first-order chi connectivity index (χ1) is 8.09. The van der Waals surface area contributed by atoms with E-state index in [0.717, 1.165) is 12.0 Å². The van der Waals surface area contributed by atoms with Crippen molar-refractivity contribution >= 4 is 0 Å². The van der Waals surface area contributed by atoms with Gasteiger partial charge in [0, 0.05) is 31.8 Å². The Hall–Kier alpha value is -0.930. The third-order valence-electron chi connectivity index (χ3n) is 3.48. The Kier molecular flexibility index (Phi) is 3.79. The topological polar surface area (TPSA) is 42.4 Å². The van der Waals surface area contributed by atoms with Crippen LogP contribution in [-0.2, 0) is 11.2 Å². The molecule has 0 aliphatic carbocycles. The molecule has 3 nitrogen and oxygen atoms in total. The summed E-state index contributed by atoms with van der Waals surface area (Å²) in [4.78, 5) is 4.09. The predicted octanol–water partition coefficient (Wildman–Crippen LogP) is 2.19. The van der Waals surface area contributed by atoms with E-state index >= 15 is 0 Å². The standard InChI is InChI=1S/C14H21NO2/c1-11(2)13-9-14(16,5-7-17-13)8-12-4-3-6-15-10-12/h3-4,6,10-11,13,16H,5,7-9H2,1-2H3. The second-order valence-corrected chi connectivity index (χ2v) is 5.37. The average molecular weight is 235 g/mol. The van der Waals surface area contributed by atoms with E-state index < -0.39 is 5.60 Å². The van der Waals surface area contributed by atoms with Gasteiger partial charge in [0.2, 0.25) is 0 Å². The van der Waals surface area contributed by atoms with Crippen molar-refractivity contribution in [2.75, 3.05) is 6.61 Å². The Labute approximate surface area is 103 Å². The minimum Gasteiger partial charge on any atom is -0.389 e. The predicted molar refractivity (Wildman–Crippen MR) is 66.7 cm³/mol. The van der Waals surface area contributed by atoms with Crippen molar-refractivity contribution in [3.8, 4) is 0 Å². The number of nitrogens with zero attached hydrogens (tertiary/aromatic N) is 1. The normalized spacial score (nSPS) is 29.5. The molecule has 1 N–H and O–H groups in total. The highest BCUT2D eigenvalue weighted by Crippen LogP contribution is 2.31. The highest BCUT2D eigenvalue weighted by atomic mass is 16.5. The lowest BCUT2D eigenvalue weighted by molar-refractivity contribution is -0.116. The molecule has 2 atom stereocenters. The summed E-state index contributed by atoms with van der Waals surface area (Å²) < 4.78 is 5.70. The average Bonchev–Trinajstić information content (AvgIpc) is 2.29. The van der Waals surface area contributed by atoms with Crippen molar-refractivity contribution < 1.29 is 9.84 Å². The molecule has 3 heteroatoms. The number of rotatable bonds is 3. The Balaban J connectivity index is 2.03. The molecule has 0 amide bonds. The largest absolute Gasteiger partial charge is 0.389 e. The summed E-state index contributed by atoms with van der Waals surface area (Å²) in [6.45, 7) is 4.93. The molecule has 2 unspecified atom stereocenters. The molecule has 1 fully saturated rings. The third kappa shape index (κ3) is 3.27. The third-order valence-corrected chi connectivity index (χ3v) is 3.48. The van der Waals surface area contributed by atoms with Gasteiger partial charge in [-0.3, -0.25) is 4.98 Å². The minimum atomic E-state index is -0.629. The van der Waals surface area contributed by atoms with Crippen LogP contribution in [0.1, 0.15) is 32.3 Å². The van der Waals surface area contributed by atoms with Gasteiger partial charge in [0.1, 0.15) is 0 Å². The molecule has 0 spiro atoms. The van der Waals surface area contributed by atoms with Gasteiger partial charge in [-0.15, -0.1) is 0 Å². The highest BCUT2D eigenvalue weighted by Gasteiger charge is 2.36. The van der Waals surface area contributed by atoms with Crippen molar-refractivity contribution in [3.05, 3.63) is 30.1 Å². The number of hydrogen-bond acceptors (Lipinski definition) is 3. The zero-order valence-electron chi connectivity index (χ0n) is 10.6. The van der Waals surface area contributed by atoms with Crippen molar-refractivity contribution in [1.82, 2.24) is 4.98 Å². The van der Waals surface area contributed by atoms with Crippen LogP contribution in [0, 0.1) is 5.92 Å². The molecule has 0 saturated carbocycles. The molecule has 1 saturated heterocycles. The fraction of sp³-hybridized carbons (Fsp3) is 0.643. The highest BCUT2D eigenvalue weighted by molar-refractivity contribution is 5.12. The van der Waals surface area contributed by atoms with Crippen molar-refractivity contribution in [2.45, 2.75) is 44.8 Å². The van der Waals surface area contributed by atoms with Gasteiger partial charge in [0.05, 0.1) is 11.7 Å². The zero-order valence-corrected chi connectivity index (χ0v) is 10.6. The second kappa shape index (κ2) is 5.15. The van der Waals surface area contributed by atoms with Crippen LogP contribution in [0.5, 0.6) is 0 Å². The molecule has 0 radical (unpaired) electrons. The van der Waals surface area contributed by atoms with Crippen LogP contribution in [0.2, 0.25) is 0 Å². The molecule has 0 bridgehead atoms. The summed E-state index contributed by atoms with van der Waals surface area (Å²) >= 11 is 0. The van der Waals surface area contributed by atoms with Gasteiger partial charge >= 0.3 is 0 Å². The Morgan fingerprint density at radius 2 is 2.41 bits per heavy atom. The maximum absolute atomic E-state index is 10.6. The Morgan fingerprint density at radius 1 is 1.59 bits per heavy atom. The quantitative estimate of drug-likeness (QED) is 0.873. The number of pyridine rings is 1. The molecule has 1 aromatic heterocycles. The lowest BCUT2D eigenvalue weighted by atomic mass is 9.82. The van der Waals surface area contributed by atoms with E-state index in [0.29, 0.717) is 25.4 Å². The van der Waals surface area contributed by atoms with Gasteiger partial charge in [-0.2, -0.15) is 0 Å². The monoisotopic (exact) mass is 235 g/mol. The van der Waals surface area contributed by atoms with Gasteiger partial charge in [-0.25, -0.2) is 0 Å². The Morgan fingerprint density at radius 3 is 3.06 bits per heavy atom. The van der Waals surface area contributed by atoms with E-state index in [-0.39, 0.29) is 6.10 Å². The molecule has 2 rings (SSSR count). The summed E-state index contributed by atoms with van der Waals surface area (Å²) in [6.07, 6.45) is 5.87. The molecule has 1 aliphatic rings. The lowest BCUT2D eigenvalue weighted by Crippen LogP contribution is -2.44. The van der Waals surface area contributed by atoms with Gasteiger partial charge < -0.3 is 9.84 Å². The van der Waals surface area contributed by atoms with E-state index in [2.05, 4.69) is 18.8 Å². The SMILES string of the molecule is CC(C)C1CC(O)(Cc2cccnc2)CCO1. The molecule has 94 valence electrons. The van der Waals surface area contributed by atoms with E-state index in [9.17, 15) is 5.11 Å². The molecule has 2 heterocycles. The van der Waals surface area contributed by atoms with Crippen LogP contribution in [0.15, 0.2) is 24.5 Å². The van der Waals surface area contributed by atoms with Gasteiger partial charge in [0.25, 0.3) is 0 Å². The first-order valence-corrected chi connectivity index (χ1v) is 6.32. The fourth-order valence-electron chi connectivity index (χ4n) is 2.41. The number of ether oxygens (including phenoxy) is 1. The van der Waals surface area contributed by atoms with Crippen LogP contribution in [0.25, 0.3) is 0 Å². The summed E-state index contributed by atoms with van der Waals surface area (Å²) in [5.74, 6) is 0.454. The number of hydrogen-bond donors (Lipinski definition) is 1. The van der Waals surface area contributed by atoms with E-state index in [1.807, 2.05) is 18.3 Å². The van der Waals surface area contributed by atoms with Crippen LogP contribution >= 0.6 is 0 Å². The Bertz CT molecular complexity index is 352. The maximum atomic E-state index is 10.6. The van der Waals surface area contributed by atoms with Gasteiger partial charge in [-0.1, -0.05) is 19.9 Å². The molecule has 17 heavy (non-hydrogen) atoms. The fourth-order valence-corrected chi connectivity index (χ4v) is 2.41. The number of aliphatic hydroxyl groups is 1. The molecule has 1 aromatic rings. The molecular weight excluding hydrogens is 214 g/mol. The van der Waals surface area contributed by atoms with Gasteiger partial charge in [0.15, 0.2) is 0 Å². The van der Waals surface area contributed by atoms with E-state index in [1.54, 1.807) is 6.20 Å². The van der Waals surface area contributed by atoms with Crippen LogP contribution in [-0.4, -0.2) is 28.4 Å². The minimum absolute atomic E-state index is 0.172. The van der Waals surface area contributed by atoms with Crippen LogP contribution < -0.4 is 0 Å². The van der Waals surface area contributed by atoms with E-state index in [1.165, 1.54) is 0 Å². The van der Waals surface area contributed by atoms with Crippen molar-refractivity contribution in [3.63, 3.8) is 0 Å². The summed E-state index contributed by atoms with van der Waals surface area (Å²) in [7, 11) is 0. The first kappa shape index (κ1) is 12.5. The van der Waals surface area contributed by atoms with E-state index in [4.69, 9.17) is 4.74 Å². The summed E-state index contributed by atoms with van der Waals surface area (Å²) in [5.41, 5.74) is 0.468. The lowest BCUT2D eigenvalue weighted by Gasteiger charge is -2.38. The maximum Gasteiger partial charge on any atom is 0.0735 e. The summed E-state index contributed by atoms with van der Waals surface area (Å²) in [5, 5.41) is 10.6. The smallest absolute Gasteiger partial charge is 0.0735 e. The van der Waals surface area contributed by atoms with Crippen LogP contribution in [0.4, 0.5) is 0 Å². The van der Waals surface area contributed by atoms with Crippen LogP contribution in [0.3, 0.4) is 0 Å².